The number of pyridine rings is 6. The first-order valence-corrected chi connectivity index (χ1v) is 36.5. The minimum Gasteiger partial charge on any atom is -0.309 e. The molecule has 10 nitrogen and oxygen atoms in total. The number of rotatable bonds is 13. The summed E-state index contributed by atoms with van der Waals surface area (Å²) in [4.78, 5) is 28.2. The van der Waals surface area contributed by atoms with E-state index in [-0.39, 0.29) is 0 Å². The van der Waals surface area contributed by atoms with Gasteiger partial charge in [0.15, 0.2) is 0 Å². The summed E-state index contributed by atoms with van der Waals surface area (Å²) in [5.74, 6) is 0. The van der Waals surface area contributed by atoms with Crippen LogP contribution in [0.15, 0.2) is 377 Å². The second-order valence-corrected chi connectivity index (χ2v) is 27.1. The van der Waals surface area contributed by atoms with Gasteiger partial charge in [0.2, 0.25) is 0 Å². The molecule has 0 amide bonds. The van der Waals surface area contributed by atoms with Crippen LogP contribution in [0.3, 0.4) is 0 Å². The van der Waals surface area contributed by atoms with E-state index in [1.54, 1.807) is 30.9 Å². The van der Waals surface area contributed by atoms with Gasteiger partial charge in [0, 0.05) is 41.2 Å². The molecule has 0 radical (unpaired) electrons. The molecule has 0 saturated heterocycles. The summed E-state index contributed by atoms with van der Waals surface area (Å²) >= 11 is 0. The van der Waals surface area contributed by atoms with E-state index in [0.29, 0.717) is 16.7 Å². The lowest BCUT2D eigenvalue weighted by Crippen LogP contribution is -1.94. The van der Waals surface area contributed by atoms with Crippen molar-refractivity contribution in [2.45, 2.75) is 0 Å². The summed E-state index contributed by atoms with van der Waals surface area (Å²) in [6.45, 7) is 0. The minimum absolute atomic E-state index is 0.567. The highest BCUT2D eigenvalue weighted by Crippen LogP contribution is 2.43. The number of fused-ring (bicyclic) bond motifs is 5. The van der Waals surface area contributed by atoms with Gasteiger partial charge in [-0.3, -0.25) is 19.9 Å². The quantitative estimate of drug-likeness (QED) is 0.110. The Morgan fingerprint density at radius 2 is 0.495 bits per heavy atom. The van der Waals surface area contributed by atoms with Gasteiger partial charge in [0.25, 0.3) is 0 Å². The average Bonchev–Trinajstić information content (AvgIpc) is 1.67. The fourth-order valence-electron chi connectivity index (χ4n) is 15.1. The summed E-state index contributed by atoms with van der Waals surface area (Å²) in [6, 6.07) is 127. The summed E-state index contributed by atoms with van der Waals surface area (Å²) in [7, 11) is 0. The van der Waals surface area contributed by atoms with E-state index in [9.17, 15) is 15.8 Å². The van der Waals surface area contributed by atoms with Crippen molar-refractivity contribution in [3.05, 3.63) is 393 Å². The molecule has 0 N–H and O–H groups in total. The first-order chi connectivity index (χ1) is 54.8. The molecule has 0 aliphatic rings. The molecule has 7 heterocycles. The Labute approximate surface area is 641 Å². The van der Waals surface area contributed by atoms with Gasteiger partial charge < -0.3 is 4.57 Å². The lowest BCUT2D eigenvalue weighted by Gasteiger charge is -2.15. The highest BCUT2D eigenvalue weighted by atomic mass is 15.0. The highest BCUT2D eigenvalue weighted by Gasteiger charge is 2.19. The molecule has 10 heteroatoms. The lowest BCUT2D eigenvalue weighted by molar-refractivity contribution is 1.18. The number of para-hydroxylation sites is 2. The second kappa shape index (κ2) is 29.7. The number of hydrogen-bond acceptors (Lipinski definition) is 9. The van der Waals surface area contributed by atoms with E-state index in [0.717, 1.165) is 162 Å². The number of nitriles is 3. The number of benzene rings is 12. The third kappa shape index (κ3) is 13.5. The van der Waals surface area contributed by atoms with Gasteiger partial charge >= 0.3 is 0 Å². The average molecular weight is 1420 g/mol. The molecule has 0 bridgehead atoms. The zero-order valence-corrected chi connectivity index (χ0v) is 59.8. The van der Waals surface area contributed by atoms with Crippen LogP contribution in [0.4, 0.5) is 0 Å². The van der Waals surface area contributed by atoms with Crippen LogP contribution in [-0.4, -0.2) is 34.5 Å². The fourth-order valence-corrected chi connectivity index (χ4v) is 15.1. The molecule has 19 aromatic rings. The van der Waals surface area contributed by atoms with Gasteiger partial charge in [-0.25, -0.2) is 9.97 Å². The molecular formula is C101H62N10. The maximum atomic E-state index is 10.2. The van der Waals surface area contributed by atoms with Gasteiger partial charge in [0.05, 0.1) is 91.5 Å². The second-order valence-electron chi connectivity index (χ2n) is 27.1. The maximum absolute atomic E-state index is 10.2. The molecule has 0 unspecified atom stereocenters. The molecule has 7 aromatic heterocycles. The Kier molecular flexibility index (Phi) is 18.0. The van der Waals surface area contributed by atoms with Gasteiger partial charge in [-0.15, -0.1) is 0 Å². The molecule has 0 spiro atoms. The van der Waals surface area contributed by atoms with E-state index in [2.05, 4.69) is 267 Å². The largest absolute Gasteiger partial charge is 0.309 e. The van der Waals surface area contributed by atoms with E-state index in [1.807, 2.05) is 121 Å². The Morgan fingerprint density at radius 3 is 0.856 bits per heavy atom. The van der Waals surface area contributed by atoms with Gasteiger partial charge in [0.1, 0.15) is 0 Å². The van der Waals surface area contributed by atoms with Crippen molar-refractivity contribution in [1.82, 2.24) is 34.5 Å². The molecule has 516 valence electrons. The third-order valence-corrected chi connectivity index (χ3v) is 20.4. The molecular weight excluding hydrogens is 1350 g/mol. The van der Waals surface area contributed by atoms with Crippen molar-refractivity contribution in [1.29, 1.82) is 15.8 Å². The van der Waals surface area contributed by atoms with Crippen molar-refractivity contribution < 1.29 is 0 Å². The molecule has 12 aromatic carbocycles. The van der Waals surface area contributed by atoms with Crippen molar-refractivity contribution in [2.24, 2.45) is 0 Å². The smallest absolute Gasteiger partial charge is 0.0992 e. The van der Waals surface area contributed by atoms with Crippen LogP contribution in [0.2, 0.25) is 0 Å². The van der Waals surface area contributed by atoms with Crippen molar-refractivity contribution in [3.63, 3.8) is 0 Å². The topological polar surface area (TPSA) is 154 Å². The zero-order valence-electron chi connectivity index (χ0n) is 59.8. The first kappa shape index (κ1) is 67.2. The molecule has 0 aliphatic carbocycles. The summed E-state index contributed by atoms with van der Waals surface area (Å²) < 4.78 is 2.32. The van der Waals surface area contributed by atoms with Crippen LogP contribution >= 0.6 is 0 Å². The van der Waals surface area contributed by atoms with Crippen LogP contribution in [0.5, 0.6) is 0 Å². The van der Waals surface area contributed by atoms with E-state index >= 15 is 0 Å². The standard InChI is InChI=1S/C56H35N5.C45H27N5/c57-36-37-31-41(39-23-25-44(26-24-39)61-55-17-5-3-13-49(55)50-14-4-6-18-56(50)61)33-43(32-37)46-28-27-45(47-11-1-2-12-48(46)47)40-21-19-38(20-22-40)42-34-53(51-15-7-9-29-58-51)60-54(35-42)52-16-8-10-30-59-52;46-28-30-8-7-9-34(22-30)35-23-31(29-47)24-37(25-35)39-19-18-38(40-10-1-2-11-41(39)40)33-16-14-32(15-17-33)36-26-44(42-12-3-5-20-48-42)50-45(27-36)43-13-4-6-21-49-43/h1-35H;1-27H. The van der Waals surface area contributed by atoms with Crippen LogP contribution in [0.25, 0.3) is 184 Å². The van der Waals surface area contributed by atoms with E-state index < -0.39 is 0 Å². The van der Waals surface area contributed by atoms with Crippen molar-refractivity contribution in [3.8, 4) is 158 Å². The number of aromatic nitrogens is 7. The van der Waals surface area contributed by atoms with Crippen LogP contribution < -0.4 is 0 Å². The lowest BCUT2D eigenvalue weighted by atomic mass is 9.89. The Bertz CT molecular complexity index is 6710. The third-order valence-electron chi connectivity index (χ3n) is 20.4. The van der Waals surface area contributed by atoms with Crippen molar-refractivity contribution in [2.75, 3.05) is 0 Å². The molecule has 0 atom stereocenters. The highest BCUT2D eigenvalue weighted by molar-refractivity contribution is 6.10. The summed E-state index contributed by atoms with van der Waals surface area (Å²) in [6.07, 6.45) is 7.14. The molecule has 0 saturated carbocycles. The zero-order chi connectivity index (χ0) is 74.6. The Morgan fingerprint density at radius 1 is 0.198 bits per heavy atom. The Hall–Kier alpha value is -15.7. The van der Waals surface area contributed by atoms with Crippen LogP contribution in [-0.2, 0) is 0 Å². The summed E-state index contributed by atoms with van der Waals surface area (Å²) in [5, 5.41) is 36.6. The van der Waals surface area contributed by atoms with Crippen molar-refractivity contribution >= 4 is 43.4 Å². The number of hydrogen-bond donors (Lipinski definition) is 0. The van der Waals surface area contributed by atoms with E-state index in [1.165, 1.54) is 21.8 Å². The Balaban J connectivity index is 0.000000159. The predicted molar refractivity (Wildman–Crippen MR) is 448 cm³/mol. The van der Waals surface area contributed by atoms with Gasteiger partial charge in [-0.05, 0) is 256 Å². The molecule has 0 fully saturated rings. The molecule has 111 heavy (non-hydrogen) atoms. The molecule has 19 rings (SSSR count). The first-order valence-electron chi connectivity index (χ1n) is 36.5. The normalized spacial score (nSPS) is 11.0. The SMILES string of the molecule is N#Cc1cc(-c2ccc(-n3c4ccccc4c4ccccc43)cc2)cc(-c2ccc(-c3ccc(-c4cc(-c5ccccn5)nc(-c5ccccn5)c4)cc3)c3ccccc23)c1.N#Cc1cccc(-c2cc(C#N)cc(-c3ccc(-c4ccc(-c5cc(-c6ccccn6)nc(-c6ccccn6)c5)cc4)c4ccccc34)c2)c1. The number of nitrogens with zero attached hydrogens (tertiary/aromatic N) is 10. The minimum atomic E-state index is 0.567. The monoisotopic (exact) mass is 1410 g/mol. The summed E-state index contributed by atoms with van der Waals surface area (Å²) in [5.41, 5.74) is 28.2. The van der Waals surface area contributed by atoms with Crippen LogP contribution in [0.1, 0.15) is 16.7 Å². The fraction of sp³-hybridized carbons (Fsp3) is 0. The van der Waals surface area contributed by atoms with E-state index in [4.69, 9.17) is 9.97 Å². The predicted octanol–water partition coefficient (Wildman–Crippen LogP) is 24.8. The maximum Gasteiger partial charge on any atom is 0.0992 e. The van der Waals surface area contributed by atoms with Gasteiger partial charge in [-0.1, -0.05) is 206 Å². The van der Waals surface area contributed by atoms with Crippen LogP contribution in [0, 0.1) is 34.0 Å². The molecule has 0 aliphatic heterocycles. The van der Waals surface area contributed by atoms with Gasteiger partial charge in [-0.2, -0.15) is 15.8 Å².